The first-order valence-electron chi connectivity index (χ1n) is 5.73. The number of hydrogen-bond donors (Lipinski definition) is 1. The molecule has 0 atom stereocenters. The highest BCUT2D eigenvalue weighted by Crippen LogP contribution is 2.17. The number of nitrogens with zero attached hydrogens (tertiary/aromatic N) is 1. The Morgan fingerprint density at radius 3 is 2.69 bits per heavy atom. The van der Waals surface area contributed by atoms with Gasteiger partial charge in [-0.15, -0.1) is 0 Å². The molecule has 1 aromatic rings. The Morgan fingerprint density at radius 2 is 2.12 bits per heavy atom. The molecule has 0 unspecified atom stereocenters. The molecule has 1 rings (SSSR count). The molecular weight excluding hydrogens is 202 g/mol. The minimum absolute atomic E-state index is 0.241. The third-order valence-corrected chi connectivity index (χ3v) is 2.51. The number of benzene rings is 1. The normalized spacial score (nSPS) is 10.2. The van der Waals surface area contributed by atoms with Gasteiger partial charge in [-0.25, -0.2) is 0 Å². The quantitative estimate of drug-likeness (QED) is 0.826. The fraction of sp³-hybridized carbons (Fsp3) is 0.462. The average molecular weight is 221 g/mol. The molecule has 0 spiro atoms. The van der Waals surface area contributed by atoms with Gasteiger partial charge in [-0.2, -0.15) is 0 Å². The minimum Gasteiger partial charge on any atom is -0.387 e. The molecule has 0 aliphatic rings. The van der Waals surface area contributed by atoms with Crippen LogP contribution < -0.4 is 4.90 Å². The standard InChI is InChI=1S/C13H19NO2/c1-3-8-14(13(16)10-15)12-7-5-6-11(4-2)9-12/h5-7,9,15H,3-4,8,10H2,1-2H3. The van der Waals surface area contributed by atoms with Gasteiger partial charge in [0.2, 0.25) is 0 Å². The summed E-state index contributed by atoms with van der Waals surface area (Å²) in [5.74, 6) is -0.241. The van der Waals surface area contributed by atoms with E-state index in [4.69, 9.17) is 5.11 Å². The molecule has 0 heterocycles. The van der Waals surface area contributed by atoms with E-state index in [0.717, 1.165) is 18.5 Å². The van der Waals surface area contributed by atoms with Crippen LogP contribution in [0.25, 0.3) is 0 Å². The largest absolute Gasteiger partial charge is 0.387 e. The number of anilines is 1. The smallest absolute Gasteiger partial charge is 0.252 e. The zero-order valence-corrected chi connectivity index (χ0v) is 9.94. The Bertz CT molecular complexity index is 350. The molecule has 3 heteroatoms. The van der Waals surface area contributed by atoms with E-state index in [0.29, 0.717) is 6.54 Å². The SMILES string of the molecule is CCCN(C(=O)CO)c1cccc(CC)c1. The van der Waals surface area contributed by atoms with Crippen molar-refractivity contribution in [2.45, 2.75) is 26.7 Å². The summed E-state index contributed by atoms with van der Waals surface area (Å²) >= 11 is 0. The van der Waals surface area contributed by atoms with E-state index in [1.165, 1.54) is 5.56 Å². The van der Waals surface area contributed by atoms with Crippen molar-refractivity contribution in [3.8, 4) is 0 Å². The van der Waals surface area contributed by atoms with Crippen LogP contribution in [0.4, 0.5) is 5.69 Å². The van der Waals surface area contributed by atoms with Crippen LogP contribution in [0.15, 0.2) is 24.3 Å². The molecule has 1 N–H and O–H groups in total. The van der Waals surface area contributed by atoms with Crippen molar-refractivity contribution in [3.63, 3.8) is 0 Å². The van der Waals surface area contributed by atoms with Crippen molar-refractivity contribution >= 4 is 11.6 Å². The summed E-state index contributed by atoms with van der Waals surface area (Å²) in [6.07, 6.45) is 1.82. The van der Waals surface area contributed by atoms with Gasteiger partial charge in [0, 0.05) is 12.2 Å². The molecule has 1 aromatic carbocycles. The van der Waals surface area contributed by atoms with Crippen molar-refractivity contribution in [3.05, 3.63) is 29.8 Å². The number of aryl methyl sites for hydroxylation is 1. The number of amides is 1. The second kappa shape index (κ2) is 6.28. The number of carbonyl (C=O) groups excluding carboxylic acids is 1. The van der Waals surface area contributed by atoms with Crippen LogP contribution >= 0.6 is 0 Å². The van der Waals surface area contributed by atoms with Crippen molar-refractivity contribution in [2.75, 3.05) is 18.1 Å². The van der Waals surface area contributed by atoms with Crippen LogP contribution in [-0.4, -0.2) is 24.2 Å². The van der Waals surface area contributed by atoms with Gasteiger partial charge in [0.1, 0.15) is 6.61 Å². The lowest BCUT2D eigenvalue weighted by atomic mass is 10.1. The summed E-state index contributed by atoms with van der Waals surface area (Å²) in [6.45, 7) is 4.31. The van der Waals surface area contributed by atoms with Crippen LogP contribution in [0.2, 0.25) is 0 Å². The van der Waals surface area contributed by atoms with E-state index in [2.05, 4.69) is 6.92 Å². The van der Waals surface area contributed by atoms with E-state index in [1.54, 1.807) is 4.90 Å². The Balaban J connectivity index is 2.95. The first kappa shape index (κ1) is 12.7. The summed E-state index contributed by atoms with van der Waals surface area (Å²) in [5, 5.41) is 8.93. The van der Waals surface area contributed by atoms with Crippen molar-refractivity contribution < 1.29 is 9.90 Å². The van der Waals surface area contributed by atoms with E-state index >= 15 is 0 Å². The lowest BCUT2D eigenvalue weighted by Crippen LogP contribution is -2.33. The maximum atomic E-state index is 11.6. The molecule has 0 radical (unpaired) electrons. The lowest BCUT2D eigenvalue weighted by molar-refractivity contribution is -0.121. The second-order valence-corrected chi connectivity index (χ2v) is 3.73. The molecule has 0 fully saturated rings. The fourth-order valence-corrected chi connectivity index (χ4v) is 1.65. The van der Waals surface area contributed by atoms with Gasteiger partial charge in [0.25, 0.3) is 5.91 Å². The molecule has 16 heavy (non-hydrogen) atoms. The van der Waals surface area contributed by atoms with Crippen LogP contribution in [-0.2, 0) is 11.2 Å². The molecule has 0 bridgehead atoms. The van der Waals surface area contributed by atoms with Gasteiger partial charge < -0.3 is 10.0 Å². The highest BCUT2D eigenvalue weighted by molar-refractivity contribution is 5.94. The van der Waals surface area contributed by atoms with Gasteiger partial charge in [-0.3, -0.25) is 4.79 Å². The first-order valence-corrected chi connectivity index (χ1v) is 5.73. The maximum absolute atomic E-state index is 11.6. The van der Waals surface area contributed by atoms with Gasteiger partial charge in [-0.05, 0) is 30.5 Å². The Morgan fingerprint density at radius 1 is 1.38 bits per heavy atom. The summed E-state index contributed by atoms with van der Waals surface area (Å²) < 4.78 is 0. The summed E-state index contributed by atoms with van der Waals surface area (Å²) in [4.78, 5) is 13.2. The Kier molecular flexibility index (Phi) is 4.99. The molecule has 0 aliphatic carbocycles. The van der Waals surface area contributed by atoms with E-state index in [9.17, 15) is 4.79 Å². The molecule has 0 saturated carbocycles. The maximum Gasteiger partial charge on any atom is 0.252 e. The highest BCUT2D eigenvalue weighted by Gasteiger charge is 2.13. The van der Waals surface area contributed by atoms with Gasteiger partial charge in [-0.1, -0.05) is 26.0 Å². The van der Waals surface area contributed by atoms with Crippen molar-refractivity contribution in [1.82, 2.24) is 0 Å². The minimum atomic E-state index is -0.434. The number of rotatable bonds is 5. The monoisotopic (exact) mass is 221 g/mol. The van der Waals surface area contributed by atoms with E-state index in [-0.39, 0.29) is 5.91 Å². The van der Waals surface area contributed by atoms with Crippen LogP contribution in [0.5, 0.6) is 0 Å². The fourth-order valence-electron chi connectivity index (χ4n) is 1.65. The summed E-state index contributed by atoms with van der Waals surface area (Å²) in [7, 11) is 0. The van der Waals surface area contributed by atoms with E-state index in [1.807, 2.05) is 31.2 Å². The zero-order valence-electron chi connectivity index (χ0n) is 9.94. The lowest BCUT2D eigenvalue weighted by Gasteiger charge is -2.21. The van der Waals surface area contributed by atoms with Crippen LogP contribution in [0, 0.1) is 0 Å². The number of aliphatic hydroxyl groups excluding tert-OH is 1. The molecule has 0 aliphatic heterocycles. The van der Waals surface area contributed by atoms with E-state index < -0.39 is 6.61 Å². The topological polar surface area (TPSA) is 40.5 Å². The predicted molar refractivity (Wildman–Crippen MR) is 65.5 cm³/mol. The molecule has 0 saturated heterocycles. The van der Waals surface area contributed by atoms with Crippen LogP contribution in [0.3, 0.4) is 0 Å². The number of hydrogen-bond acceptors (Lipinski definition) is 2. The summed E-state index contributed by atoms with van der Waals surface area (Å²) in [5.41, 5.74) is 2.07. The third kappa shape index (κ3) is 3.07. The van der Waals surface area contributed by atoms with Crippen molar-refractivity contribution in [1.29, 1.82) is 0 Å². The molecule has 0 aromatic heterocycles. The molecule has 88 valence electrons. The van der Waals surface area contributed by atoms with Crippen molar-refractivity contribution in [2.24, 2.45) is 0 Å². The Labute approximate surface area is 96.7 Å². The molecule has 3 nitrogen and oxygen atoms in total. The van der Waals surface area contributed by atoms with Gasteiger partial charge in [0.15, 0.2) is 0 Å². The third-order valence-electron chi connectivity index (χ3n) is 2.51. The second-order valence-electron chi connectivity index (χ2n) is 3.73. The zero-order chi connectivity index (χ0) is 12.0. The number of carbonyl (C=O) groups is 1. The average Bonchev–Trinajstić information content (AvgIpc) is 2.35. The first-order chi connectivity index (χ1) is 7.72. The summed E-state index contributed by atoms with van der Waals surface area (Å²) in [6, 6.07) is 7.89. The predicted octanol–water partition coefficient (Wildman–Crippen LogP) is 1.98. The number of aliphatic hydroxyl groups is 1. The molecule has 1 amide bonds. The van der Waals surface area contributed by atoms with Crippen LogP contribution in [0.1, 0.15) is 25.8 Å². The highest BCUT2D eigenvalue weighted by atomic mass is 16.3. The molecular formula is C13H19NO2. The van der Waals surface area contributed by atoms with Gasteiger partial charge >= 0.3 is 0 Å². The van der Waals surface area contributed by atoms with Gasteiger partial charge in [0.05, 0.1) is 0 Å². The Hall–Kier alpha value is -1.35.